The number of carboxylic acids is 1. The molecule has 0 radical (unpaired) electrons. The van der Waals surface area contributed by atoms with Crippen LogP contribution in [0.5, 0.6) is 5.75 Å². The normalized spacial score (nSPS) is 9.40. The second-order valence-electron chi connectivity index (χ2n) is 3.02. The molecule has 1 N–H and O–H groups in total. The van der Waals surface area contributed by atoms with Gasteiger partial charge in [0.05, 0.1) is 5.69 Å². The lowest BCUT2D eigenvalue weighted by atomic mass is 10.1. The van der Waals surface area contributed by atoms with Crippen LogP contribution in [0.25, 0.3) is 0 Å². The molecule has 1 heterocycles. The van der Waals surface area contributed by atoms with Crippen molar-refractivity contribution in [1.29, 1.82) is 0 Å². The molecule has 0 atom stereocenters. The molecule has 0 aliphatic heterocycles. The largest absolute Gasteiger partial charge is 0.480 e. The van der Waals surface area contributed by atoms with Gasteiger partial charge in [0.15, 0.2) is 0 Å². The molecule has 0 aliphatic carbocycles. The van der Waals surface area contributed by atoms with Crippen LogP contribution in [0.3, 0.4) is 0 Å². The lowest BCUT2D eigenvalue weighted by Gasteiger charge is -2.09. The molecule has 0 aromatic carbocycles. The van der Waals surface area contributed by atoms with Gasteiger partial charge in [-0.2, -0.15) is 0 Å². The number of pyridine rings is 1. The lowest BCUT2D eigenvalue weighted by molar-refractivity contribution is 0.0691. The Morgan fingerprint density at radius 2 is 2.33 bits per heavy atom. The molecule has 4 heteroatoms. The number of carboxylic acid groups (broad SMARTS) is 1. The Labute approximate surface area is 87.9 Å². The predicted octanol–water partition coefficient (Wildman–Crippen LogP) is 1.41. The fourth-order valence-corrected chi connectivity index (χ4v) is 1.29. The first kappa shape index (κ1) is 11.1. The number of aromatic carboxylic acids is 1. The SMILES string of the molecule is C#CCOc1cc(C)nc(C)c1C(=O)O. The van der Waals surface area contributed by atoms with Crippen molar-refractivity contribution in [2.45, 2.75) is 13.8 Å². The molecule has 1 aromatic rings. The number of aryl methyl sites for hydroxylation is 2. The van der Waals surface area contributed by atoms with Crippen LogP contribution in [0.15, 0.2) is 6.07 Å². The second-order valence-corrected chi connectivity index (χ2v) is 3.02. The first-order valence-electron chi connectivity index (χ1n) is 4.34. The van der Waals surface area contributed by atoms with E-state index in [4.69, 9.17) is 16.3 Å². The molecule has 0 aliphatic rings. The van der Waals surface area contributed by atoms with Gasteiger partial charge in [0, 0.05) is 11.8 Å². The van der Waals surface area contributed by atoms with E-state index in [2.05, 4.69) is 10.9 Å². The number of hydrogen-bond acceptors (Lipinski definition) is 3. The van der Waals surface area contributed by atoms with Crippen molar-refractivity contribution < 1.29 is 14.6 Å². The van der Waals surface area contributed by atoms with Crippen LogP contribution in [0.4, 0.5) is 0 Å². The quantitative estimate of drug-likeness (QED) is 0.758. The maximum absolute atomic E-state index is 10.9. The van der Waals surface area contributed by atoms with Gasteiger partial charge in [-0.1, -0.05) is 5.92 Å². The summed E-state index contributed by atoms with van der Waals surface area (Å²) < 4.78 is 5.15. The first-order chi connectivity index (χ1) is 7.06. The lowest BCUT2D eigenvalue weighted by Crippen LogP contribution is -2.08. The molecule has 0 amide bonds. The summed E-state index contributed by atoms with van der Waals surface area (Å²) >= 11 is 0. The first-order valence-corrected chi connectivity index (χ1v) is 4.34. The Balaban J connectivity index is 3.22. The van der Waals surface area contributed by atoms with E-state index >= 15 is 0 Å². The highest BCUT2D eigenvalue weighted by atomic mass is 16.5. The van der Waals surface area contributed by atoms with Crippen molar-refractivity contribution in [3.05, 3.63) is 23.0 Å². The topological polar surface area (TPSA) is 59.4 Å². The van der Waals surface area contributed by atoms with Gasteiger partial charge in [-0.05, 0) is 13.8 Å². The summed E-state index contributed by atoms with van der Waals surface area (Å²) in [5, 5.41) is 8.97. The Morgan fingerprint density at radius 3 is 2.87 bits per heavy atom. The van der Waals surface area contributed by atoms with E-state index in [1.807, 2.05) is 0 Å². The predicted molar refractivity (Wildman–Crippen MR) is 55.0 cm³/mol. The average Bonchev–Trinajstić information content (AvgIpc) is 2.12. The van der Waals surface area contributed by atoms with Crippen LogP contribution < -0.4 is 4.74 Å². The van der Waals surface area contributed by atoms with Crippen molar-refractivity contribution in [2.24, 2.45) is 0 Å². The Bertz CT molecular complexity index is 432. The number of nitrogens with zero attached hydrogens (tertiary/aromatic N) is 1. The third-order valence-electron chi connectivity index (χ3n) is 1.82. The van der Waals surface area contributed by atoms with Gasteiger partial charge in [0.2, 0.25) is 0 Å². The maximum atomic E-state index is 10.9. The minimum absolute atomic E-state index is 0.0448. The van der Waals surface area contributed by atoms with Gasteiger partial charge in [-0.25, -0.2) is 4.79 Å². The molecular weight excluding hydrogens is 194 g/mol. The second kappa shape index (κ2) is 4.47. The fraction of sp³-hybridized carbons (Fsp3) is 0.273. The van der Waals surface area contributed by atoms with Gasteiger partial charge in [-0.3, -0.25) is 4.98 Å². The van der Waals surface area contributed by atoms with Crippen LogP contribution in [0.1, 0.15) is 21.7 Å². The zero-order chi connectivity index (χ0) is 11.4. The molecule has 78 valence electrons. The Kier molecular flexibility index (Phi) is 3.29. The summed E-state index contributed by atoms with van der Waals surface area (Å²) in [6.45, 7) is 3.43. The van der Waals surface area contributed by atoms with Crippen molar-refractivity contribution in [1.82, 2.24) is 4.98 Å². The molecular formula is C11H11NO3. The van der Waals surface area contributed by atoms with Crippen LogP contribution >= 0.6 is 0 Å². The monoisotopic (exact) mass is 205 g/mol. The number of terminal acetylenes is 1. The van der Waals surface area contributed by atoms with E-state index in [1.165, 1.54) is 0 Å². The van der Waals surface area contributed by atoms with Crippen molar-refractivity contribution in [3.63, 3.8) is 0 Å². The highest BCUT2D eigenvalue weighted by molar-refractivity contribution is 5.92. The summed E-state index contributed by atoms with van der Waals surface area (Å²) in [6.07, 6.45) is 5.04. The summed E-state index contributed by atoms with van der Waals surface area (Å²) in [6, 6.07) is 1.56. The fourth-order valence-electron chi connectivity index (χ4n) is 1.29. The summed E-state index contributed by atoms with van der Waals surface area (Å²) in [7, 11) is 0. The molecule has 0 fully saturated rings. The molecule has 0 saturated heterocycles. The number of rotatable bonds is 3. The molecule has 1 rings (SSSR count). The number of hydrogen-bond donors (Lipinski definition) is 1. The third kappa shape index (κ3) is 2.47. The number of carbonyl (C=O) groups is 1. The zero-order valence-corrected chi connectivity index (χ0v) is 8.57. The van der Waals surface area contributed by atoms with E-state index in [0.717, 1.165) is 0 Å². The minimum atomic E-state index is -1.06. The van der Waals surface area contributed by atoms with Gasteiger partial charge in [0.1, 0.15) is 17.9 Å². The van der Waals surface area contributed by atoms with Gasteiger partial charge in [-0.15, -0.1) is 6.42 Å². The van der Waals surface area contributed by atoms with Crippen LogP contribution in [0.2, 0.25) is 0 Å². The molecule has 0 spiro atoms. The molecule has 4 nitrogen and oxygen atoms in total. The van der Waals surface area contributed by atoms with E-state index < -0.39 is 5.97 Å². The van der Waals surface area contributed by atoms with Crippen molar-refractivity contribution >= 4 is 5.97 Å². The van der Waals surface area contributed by atoms with Gasteiger partial charge >= 0.3 is 5.97 Å². The zero-order valence-electron chi connectivity index (χ0n) is 8.57. The summed E-state index contributed by atoms with van der Waals surface area (Å²) in [5.41, 5.74) is 1.19. The average molecular weight is 205 g/mol. The summed E-state index contributed by atoms with van der Waals surface area (Å²) in [4.78, 5) is 15.0. The maximum Gasteiger partial charge on any atom is 0.341 e. The molecule has 0 unspecified atom stereocenters. The van der Waals surface area contributed by atoms with Crippen molar-refractivity contribution in [2.75, 3.05) is 6.61 Å². The van der Waals surface area contributed by atoms with E-state index in [0.29, 0.717) is 11.4 Å². The van der Waals surface area contributed by atoms with E-state index in [1.54, 1.807) is 19.9 Å². The standard InChI is InChI=1S/C11H11NO3/c1-4-5-15-9-6-7(2)12-8(3)10(9)11(13)14/h1,6H,5H2,2-3H3,(H,13,14). The summed E-state index contributed by atoms with van der Waals surface area (Å²) in [5.74, 6) is 1.49. The molecule has 15 heavy (non-hydrogen) atoms. The third-order valence-corrected chi connectivity index (χ3v) is 1.82. The van der Waals surface area contributed by atoms with Gasteiger partial charge < -0.3 is 9.84 Å². The van der Waals surface area contributed by atoms with Crippen LogP contribution in [-0.2, 0) is 0 Å². The smallest absolute Gasteiger partial charge is 0.341 e. The number of aromatic nitrogens is 1. The van der Waals surface area contributed by atoms with E-state index in [-0.39, 0.29) is 17.9 Å². The molecule has 0 saturated carbocycles. The molecule has 0 bridgehead atoms. The van der Waals surface area contributed by atoms with Gasteiger partial charge in [0.25, 0.3) is 0 Å². The van der Waals surface area contributed by atoms with Crippen LogP contribution in [-0.4, -0.2) is 22.7 Å². The number of ether oxygens (including phenoxy) is 1. The Morgan fingerprint density at radius 1 is 1.67 bits per heavy atom. The van der Waals surface area contributed by atoms with E-state index in [9.17, 15) is 4.79 Å². The highest BCUT2D eigenvalue weighted by Crippen LogP contribution is 2.22. The highest BCUT2D eigenvalue weighted by Gasteiger charge is 2.16. The Hall–Kier alpha value is -2.02. The molecule has 1 aromatic heterocycles. The minimum Gasteiger partial charge on any atom is -0.480 e. The van der Waals surface area contributed by atoms with Crippen LogP contribution in [0, 0.1) is 26.2 Å². The van der Waals surface area contributed by atoms with Crippen molar-refractivity contribution in [3.8, 4) is 18.1 Å².